The van der Waals surface area contributed by atoms with Gasteiger partial charge in [0, 0.05) is 19.4 Å². The summed E-state index contributed by atoms with van der Waals surface area (Å²) in [6.45, 7) is 2.79. The predicted octanol–water partition coefficient (Wildman–Crippen LogP) is 5.87. The normalized spacial score (nSPS) is 12.7. The molecule has 1 aromatic carbocycles. The van der Waals surface area contributed by atoms with E-state index in [2.05, 4.69) is 53.1 Å². The SMILES string of the molecule is CCNC(c1cc(Br)c(Br)s1)c1ccc(Br)cc1F. The minimum Gasteiger partial charge on any atom is -0.306 e. The third kappa shape index (κ3) is 3.67. The van der Waals surface area contributed by atoms with E-state index in [0.717, 1.165) is 24.2 Å². The zero-order valence-corrected chi connectivity index (χ0v) is 15.6. The monoisotopic (exact) mass is 469 g/mol. The molecular formula is C13H11Br3FNS. The molecule has 0 fully saturated rings. The van der Waals surface area contributed by atoms with E-state index in [1.165, 1.54) is 6.07 Å². The number of hydrogen-bond acceptors (Lipinski definition) is 2. The lowest BCUT2D eigenvalue weighted by atomic mass is 10.0. The second kappa shape index (κ2) is 6.80. The number of thiophene rings is 1. The molecule has 0 spiro atoms. The maximum absolute atomic E-state index is 14.1. The molecule has 1 atom stereocenters. The summed E-state index contributed by atoms with van der Waals surface area (Å²) < 4.78 is 16.9. The van der Waals surface area contributed by atoms with Crippen LogP contribution in [0.25, 0.3) is 0 Å². The molecule has 102 valence electrons. The van der Waals surface area contributed by atoms with Gasteiger partial charge < -0.3 is 5.32 Å². The Kier molecular flexibility index (Phi) is 5.60. The molecule has 1 nitrogen and oxygen atoms in total. The Balaban J connectivity index is 2.44. The molecule has 1 aromatic heterocycles. The van der Waals surface area contributed by atoms with Crippen molar-refractivity contribution < 1.29 is 4.39 Å². The van der Waals surface area contributed by atoms with Crippen molar-refractivity contribution in [1.82, 2.24) is 5.32 Å². The molecule has 1 heterocycles. The van der Waals surface area contributed by atoms with Crippen molar-refractivity contribution in [2.45, 2.75) is 13.0 Å². The molecule has 0 bridgehead atoms. The van der Waals surface area contributed by atoms with Crippen LogP contribution in [0.2, 0.25) is 0 Å². The van der Waals surface area contributed by atoms with Crippen LogP contribution >= 0.6 is 59.1 Å². The van der Waals surface area contributed by atoms with Crippen molar-refractivity contribution in [3.8, 4) is 0 Å². The second-order valence-corrected chi connectivity index (χ2v) is 8.10. The Morgan fingerprint density at radius 3 is 2.53 bits per heavy atom. The molecule has 2 aromatic rings. The van der Waals surface area contributed by atoms with E-state index in [-0.39, 0.29) is 11.9 Å². The van der Waals surface area contributed by atoms with Crippen molar-refractivity contribution in [3.63, 3.8) is 0 Å². The van der Waals surface area contributed by atoms with Crippen LogP contribution in [-0.2, 0) is 0 Å². The number of rotatable bonds is 4. The van der Waals surface area contributed by atoms with Gasteiger partial charge in [-0.15, -0.1) is 11.3 Å². The maximum atomic E-state index is 14.1. The molecule has 0 aliphatic heterocycles. The van der Waals surface area contributed by atoms with Crippen LogP contribution in [-0.4, -0.2) is 6.54 Å². The summed E-state index contributed by atoms with van der Waals surface area (Å²) in [7, 11) is 0. The average Bonchev–Trinajstić information content (AvgIpc) is 2.67. The fourth-order valence-electron chi connectivity index (χ4n) is 1.81. The number of halogens is 4. The summed E-state index contributed by atoms with van der Waals surface area (Å²) in [5.74, 6) is -0.207. The van der Waals surface area contributed by atoms with Crippen LogP contribution in [0.15, 0.2) is 37.0 Å². The predicted molar refractivity (Wildman–Crippen MR) is 89.3 cm³/mol. The van der Waals surface area contributed by atoms with Gasteiger partial charge in [0.1, 0.15) is 5.82 Å². The van der Waals surface area contributed by atoms with Gasteiger partial charge in [0.25, 0.3) is 0 Å². The zero-order chi connectivity index (χ0) is 14.0. The fourth-order valence-corrected chi connectivity index (χ4v) is 4.33. The van der Waals surface area contributed by atoms with Crippen molar-refractivity contribution >= 4 is 59.1 Å². The Hall–Kier alpha value is 0.250. The van der Waals surface area contributed by atoms with Crippen LogP contribution in [0, 0.1) is 5.82 Å². The van der Waals surface area contributed by atoms with Gasteiger partial charge in [-0.25, -0.2) is 4.39 Å². The lowest BCUT2D eigenvalue weighted by Crippen LogP contribution is -2.22. The minimum absolute atomic E-state index is 0.134. The zero-order valence-electron chi connectivity index (χ0n) is 10.0. The topological polar surface area (TPSA) is 12.0 Å². The van der Waals surface area contributed by atoms with E-state index in [9.17, 15) is 4.39 Å². The molecule has 0 amide bonds. The Labute approximate surface area is 141 Å². The summed E-state index contributed by atoms with van der Waals surface area (Å²) in [5.41, 5.74) is 0.659. The molecular weight excluding hydrogens is 461 g/mol. The number of hydrogen-bond donors (Lipinski definition) is 1. The van der Waals surface area contributed by atoms with Crippen molar-refractivity contribution in [3.05, 3.63) is 53.3 Å². The quantitative estimate of drug-likeness (QED) is 0.587. The van der Waals surface area contributed by atoms with Gasteiger partial charge in [-0.2, -0.15) is 0 Å². The van der Waals surface area contributed by atoms with Gasteiger partial charge in [-0.3, -0.25) is 0 Å². The molecule has 0 saturated carbocycles. The first-order valence-electron chi connectivity index (χ1n) is 5.66. The van der Waals surface area contributed by atoms with Crippen LogP contribution in [0.1, 0.15) is 23.4 Å². The summed E-state index contributed by atoms with van der Waals surface area (Å²) in [6, 6.07) is 7.06. The lowest BCUT2D eigenvalue weighted by Gasteiger charge is -2.17. The summed E-state index contributed by atoms with van der Waals surface area (Å²) >= 11 is 11.8. The highest BCUT2D eigenvalue weighted by Crippen LogP contribution is 2.38. The van der Waals surface area contributed by atoms with Gasteiger partial charge in [-0.1, -0.05) is 28.9 Å². The molecule has 0 radical (unpaired) electrons. The van der Waals surface area contributed by atoms with Crippen LogP contribution in [0.4, 0.5) is 4.39 Å². The van der Waals surface area contributed by atoms with Crippen LogP contribution in [0.3, 0.4) is 0 Å². The van der Waals surface area contributed by atoms with Crippen LogP contribution in [0.5, 0.6) is 0 Å². The third-order valence-electron chi connectivity index (χ3n) is 2.63. The minimum atomic E-state index is -0.207. The van der Waals surface area contributed by atoms with Gasteiger partial charge in [0.15, 0.2) is 0 Å². The lowest BCUT2D eigenvalue weighted by molar-refractivity contribution is 0.562. The molecule has 1 N–H and O–H groups in total. The first kappa shape index (κ1) is 15.6. The Morgan fingerprint density at radius 2 is 2.00 bits per heavy atom. The molecule has 0 saturated heterocycles. The van der Waals surface area contributed by atoms with Crippen molar-refractivity contribution in [1.29, 1.82) is 0 Å². The molecule has 1 unspecified atom stereocenters. The summed E-state index contributed by atoms with van der Waals surface area (Å²) in [4.78, 5) is 1.07. The highest BCUT2D eigenvalue weighted by molar-refractivity contribution is 9.13. The maximum Gasteiger partial charge on any atom is 0.129 e. The molecule has 2 rings (SSSR count). The van der Waals surface area contributed by atoms with E-state index < -0.39 is 0 Å². The Bertz CT molecular complexity index is 566. The summed E-state index contributed by atoms with van der Waals surface area (Å²) in [6.07, 6.45) is 0. The van der Waals surface area contributed by atoms with Crippen LogP contribution < -0.4 is 5.32 Å². The van der Waals surface area contributed by atoms with E-state index in [0.29, 0.717) is 5.56 Å². The van der Waals surface area contributed by atoms with Gasteiger partial charge in [0.05, 0.1) is 9.83 Å². The third-order valence-corrected chi connectivity index (χ3v) is 6.44. The largest absolute Gasteiger partial charge is 0.306 e. The number of nitrogens with one attached hydrogen (secondary N) is 1. The average molecular weight is 472 g/mol. The molecule has 19 heavy (non-hydrogen) atoms. The molecule has 0 aliphatic rings. The van der Waals surface area contributed by atoms with E-state index >= 15 is 0 Å². The van der Waals surface area contributed by atoms with Gasteiger partial charge in [-0.05, 0) is 56.6 Å². The van der Waals surface area contributed by atoms with E-state index in [1.54, 1.807) is 11.3 Å². The number of benzene rings is 1. The smallest absolute Gasteiger partial charge is 0.129 e. The van der Waals surface area contributed by atoms with Crippen molar-refractivity contribution in [2.24, 2.45) is 0 Å². The Morgan fingerprint density at radius 1 is 1.26 bits per heavy atom. The van der Waals surface area contributed by atoms with Gasteiger partial charge >= 0.3 is 0 Å². The fraction of sp³-hybridized carbons (Fsp3) is 0.231. The molecule has 6 heteroatoms. The van der Waals surface area contributed by atoms with E-state index in [4.69, 9.17) is 0 Å². The van der Waals surface area contributed by atoms with Gasteiger partial charge in [0.2, 0.25) is 0 Å². The second-order valence-electron chi connectivity index (χ2n) is 3.93. The standard InChI is InChI=1S/C13H11Br3FNS/c1-2-18-12(11-6-9(15)13(16)19-11)8-4-3-7(14)5-10(8)17/h3-6,12,18H,2H2,1H3. The van der Waals surface area contributed by atoms with Crippen molar-refractivity contribution in [2.75, 3.05) is 6.54 Å². The summed E-state index contributed by atoms with van der Waals surface area (Å²) in [5, 5.41) is 3.33. The first-order chi connectivity index (χ1) is 9.02. The molecule has 0 aliphatic carbocycles. The van der Waals surface area contributed by atoms with E-state index in [1.807, 2.05) is 25.1 Å². The first-order valence-corrected chi connectivity index (χ1v) is 8.85. The highest BCUT2D eigenvalue weighted by atomic mass is 79.9. The highest BCUT2D eigenvalue weighted by Gasteiger charge is 2.20.